The summed E-state index contributed by atoms with van der Waals surface area (Å²) in [6.45, 7) is 1.12. The van der Waals surface area contributed by atoms with Crippen LogP contribution in [0.3, 0.4) is 0 Å². The lowest BCUT2D eigenvalue weighted by atomic mass is 9.91. The van der Waals surface area contributed by atoms with Crippen LogP contribution in [0.1, 0.15) is 36.8 Å². The molecule has 2 aliphatic rings. The fourth-order valence-corrected chi connectivity index (χ4v) is 3.07. The lowest BCUT2D eigenvalue weighted by molar-refractivity contribution is -0.136. The van der Waals surface area contributed by atoms with Crippen molar-refractivity contribution < 1.29 is 9.90 Å². The van der Waals surface area contributed by atoms with Gasteiger partial charge in [-0.2, -0.15) is 0 Å². The van der Waals surface area contributed by atoms with Crippen LogP contribution in [0.5, 0.6) is 0 Å². The van der Waals surface area contributed by atoms with Gasteiger partial charge in [0.25, 0.3) is 0 Å². The maximum Gasteiger partial charge on any atom is 0.303 e. The number of aliphatic carboxylic acids is 1. The normalized spacial score (nSPS) is 18.6. The molecule has 1 fully saturated rings. The van der Waals surface area contributed by atoms with Crippen molar-refractivity contribution >= 4 is 11.7 Å². The molecule has 0 amide bonds. The minimum Gasteiger partial charge on any atom is -0.481 e. The maximum atomic E-state index is 10.7. The Balaban J connectivity index is 1.86. The molecule has 0 atom stereocenters. The van der Waals surface area contributed by atoms with Crippen LogP contribution >= 0.6 is 0 Å². The fraction of sp³-hybridized carbons (Fsp3) is 0.533. The average Bonchev–Trinajstić information content (AvgIpc) is 2.69. The number of carboxylic acid groups (broad SMARTS) is 1. The second-order valence-electron chi connectivity index (χ2n) is 5.35. The lowest BCUT2D eigenvalue weighted by Crippen LogP contribution is -2.39. The minimum absolute atomic E-state index is 0.231. The quantitative estimate of drug-likeness (QED) is 0.886. The van der Waals surface area contributed by atoms with E-state index in [1.54, 1.807) is 0 Å². The average molecular weight is 245 g/mol. The predicted molar refractivity (Wildman–Crippen MR) is 71.1 cm³/mol. The van der Waals surface area contributed by atoms with Crippen LogP contribution in [0.2, 0.25) is 0 Å². The number of aryl methyl sites for hydroxylation is 1. The molecule has 0 radical (unpaired) electrons. The van der Waals surface area contributed by atoms with Gasteiger partial charge in [0.1, 0.15) is 0 Å². The Morgan fingerprint density at radius 3 is 2.89 bits per heavy atom. The van der Waals surface area contributed by atoms with Crippen molar-refractivity contribution in [2.75, 3.05) is 11.4 Å². The molecule has 1 aromatic rings. The summed E-state index contributed by atoms with van der Waals surface area (Å²) in [4.78, 5) is 13.3. The Labute approximate surface area is 107 Å². The zero-order valence-electron chi connectivity index (χ0n) is 10.6. The summed E-state index contributed by atoms with van der Waals surface area (Å²) in [7, 11) is 0. The van der Waals surface area contributed by atoms with E-state index >= 15 is 0 Å². The fourth-order valence-electron chi connectivity index (χ4n) is 3.07. The molecule has 0 aromatic heterocycles. The van der Waals surface area contributed by atoms with Crippen LogP contribution < -0.4 is 4.90 Å². The third-order valence-corrected chi connectivity index (χ3v) is 4.24. The van der Waals surface area contributed by atoms with Crippen LogP contribution in [0, 0.1) is 0 Å². The molecule has 96 valence electrons. The van der Waals surface area contributed by atoms with Crippen molar-refractivity contribution in [2.24, 2.45) is 0 Å². The topological polar surface area (TPSA) is 40.5 Å². The van der Waals surface area contributed by atoms with Crippen LogP contribution in [0.25, 0.3) is 0 Å². The molecule has 1 N–H and O–H groups in total. The number of hydrogen-bond donors (Lipinski definition) is 1. The van der Waals surface area contributed by atoms with E-state index in [9.17, 15) is 4.79 Å². The number of anilines is 1. The smallest absolute Gasteiger partial charge is 0.303 e. The Kier molecular flexibility index (Phi) is 2.98. The Bertz CT molecular complexity index is 466. The van der Waals surface area contributed by atoms with E-state index in [1.807, 2.05) is 0 Å². The highest BCUT2D eigenvalue weighted by Crippen LogP contribution is 2.38. The molecule has 0 saturated heterocycles. The minimum atomic E-state index is -0.708. The highest BCUT2D eigenvalue weighted by atomic mass is 16.4. The zero-order chi connectivity index (χ0) is 12.5. The SMILES string of the molecule is O=C(O)CCc1cccc2c1N(C1CCC1)CC2. The van der Waals surface area contributed by atoms with E-state index in [2.05, 4.69) is 23.1 Å². The van der Waals surface area contributed by atoms with Gasteiger partial charge in [0.05, 0.1) is 0 Å². The highest BCUT2D eigenvalue weighted by Gasteiger charge is 2.31. The van der Waals surface area contributed by atoms with Gasteiger partial charge in [0, 0.05) is 24.7 Å². The van der Waals surface area contributed by atoms with E-state index in [1.165, 1.54) is 36.1 Å². The summed E-state index contributed by atoms with van der Waals surface area (Å²) in [5.41, 5.74) is 3.98. The highest BCUT2D eigenvalue weighted by molar-refractivity contribution is 5.69. The van der Waals surface area contributed by atoms with Gasteiger partial charge in [-0.3, -0.25) is 4.79 Å². The molecular weight excluding hydrogens is 226 g/mol. The van der Waals surface area contributed by atoms with Crippen LogP contribution in [0.15, 0.2) is 18.2 Å². The van der Waals surface area contributed by atoms with Gasteiger partial charge in [0.15, 0.2) is 0 Å². The molecule has 0 unspecified atom stereocenters. The molecule has 1 aromatic carbocycles. The number of carbonyl (C=O) groups is 1. The van der Waals surface area contributed by atoms with Gasteiger partial charge < -0.3 is 10.0 Å². The van der Waals surface area contributed by atoms with Crippen molar-refractivity contribution in [3.63, 3.8) is 0 Å². The monoisotopic (exact) mass is 245 g/mol. The van der Waals surface area contributed by atoms with Gasteiger partial charge >= 0.3 is 5.97 Å². The van der Waals surface area contributed by atoms with E-state index in [-0.39, 0.29) is 6.42 Å². The number of fused-ring (bicyclic) bond motifs is 1. The van der Waals surface area contributed by atoms with E-state index in [0.717, 1.165) is 13.0 Å². The molecule has 0 bridgehead atoms. The van der Waals surface area contributed by atoms with Gasteiger partial charge in [-0.15, -0.1) is 0 Å². The van der Waals surface area contributed by atoms with Gasteiger partial charge in [-0.25, -0.2) is 0 Å². The first kappa shape index (κ1) is 11.6. The number of hydrogen-bond acceptors (Lipinski definition) is 2. The third kappa shape index (κ3) is 1.98. The van der Waals surface area contributed by atoms with Crippen LogP contribution in [-0.2, 0) is 17.6 Å². The van der Waals surface area contributed by atoms with Gasteiger partial charge in [-0.05, 0) is 43.2 Å². The van der Waals surface area contributed by atoms with Gasteiger partial charge in [0.2, 0.25) is 0 Å². The first-order valence-corrected chi connectivity index (χ1v) is 6.85. The largest absolute Gasteiger partial charge is 0.481 e. The van der Waals surface area contributed by atoms with E-state index in [4.69, 9.17) is 5.11 Å². The first-order chi connectivity index (χ1) is 8.75. The summed E-state index contributed by atoms with van der Waals surface area (Å²) in [6, 6.07) is 7.06. The first-order valence-electron chi connectivity index (χ1n) is 6.85. The molecule has 1 aliphatic carbocycles. The molecule has 3 heteroatoms. The summed E-state index contributed by atoms with van der Waals surface area (Å²) in [6.07, 6.45) is 5.94. The molecule has 1 heterocycles. The lowest BCUT2D eigenvalue weighted by Gasteiger charge is -2.37. The van der Waals surface area contributed by atoms with Crippen molar-refractivity contribution in [1.82, 2.24) is 0 Å². The Hall–Kier alpha value is -1.51. The summed E-state index contributed by atoms with van der Waals surface area (Å²) < 4.78 is 0. The zero-order valence-corrected chi connectivity index (χ0v) is 10.6. The second kappa shape index (κ2) is 4.63. The summed E-state index contributed by atoms with van der Waals surface area (Å²) in [5, 5.41) is 8.84. The molecule has 3 rings (SSSR count). The standard InChI is InChI=1S/C15H19NO2/c17-14(18)8-7-11-3-1-4-12-9-10-16(15(11)12)13-5-2-6-13/h1,3-4,13H,2,5-10H2,(H,17,18). The van der Waals surface area contributed by atoms with Gasteiger partial charge in [-0.1, -0.05) is 18.2 Å². The Morgan fingerprint density at radius 2 is 2.22 bits per heavy atom. The van der Waals surface area contributed by atoms with Crippen molar-refractivity contribution in [3.05, 3.63) is 29.3 Å². The molecule has 1 aliphatic heterocycles. The predicted octanol–water partition coefficient (Wildman–Crippen LogP) is 2.62. The van der Waals surface area contributed by atoms with E-state index < -0.39 is 5.97 Å². The molecule has 3 nitrogen and oxygen atoms in total. The molecular formula is C15H19NO2. The van der Waals surface area contributed by atoms with Crippen molar-refractivity contribution in [1.29, 1.82) is 0 Å². The summed E-state index contributed by atoms with van der Waals surface area (Å²) in [5.74, 6) is -0.708. The maximum absolute atomic E-state index is 10.7. The Morgan fingerprint density at radius 1 is 1.39 bits per heavy atom. The van der Waals surface area contributed by atoms with Crippen LogP contribution in [0.4, 0.5) is 5.69 Å². The number of para-hydroxylation sites is 1. The third-order valence-electron chi connectivity index (χ3n) is 4.24. The summed E-state index contributed by atoms with van der Waals surface area (Å²) >= 11 is 0. The molecule has 18 heavy (non-hydrogen) atoms. The van der Waals surface area contributed by atoms with Crippen molar-refractivity contribution in [3.8, 4) is 0 Å². The molecule has 1 saturated carbocycles. The van der Waals surface area contributed by atoms with Crippen molar-refractivity contribution in [2.45, 2.75) is 44.6 Å². The number of rotatable bonds is 4. The molecule has 0 spiro atoms. The van der Waals surface area contributed by atoms with E-state index in [0.29, 0.717) is 12.5 Å². The van der Waals surface area contributed by atoms with Crippen LogP contribution in [-0.4, -0.2) is 23.7 Å². The number of nitrogens with zero attached hydrogens (tertiary/aromatic N) is 1. The second-order valence-corrected chi connectivity index (χ2v) is 5.35. The number of carboxylic acids is 1. The number of benzene rings is 1.